The number of amides is 1. The van der Waals surface area contributed by atoms with Gasteiger partial charge in [0.05, 0.1) is 12.8 Å². The molecule has 0 radical (unpaired) electrons. The Morgan fingerprint density at radius 1 is 1.29 bits per heavy atom. The molecule has 1 aromatic carbocycles. The van der Waals surface area contributed by atoms with Crippen LogP contribution in [0, 0.1) is 5.82 Å². The first kappa shape index (κ1) is 18.9. The maximum Gasteiger partial charge on any atom is 0.238 e. The summed E-state index contributed by atoms with van der Waals surface area (Å²) in [6.07, 6.45) is 5.01. The molecule has 1 atom stereocenters. The lowest BCUT2D eigenvalue weighted by Crippen LogP contribution is -2.48. The molecule has 1 aliphatic rings. The molecule has 0 saturated carbocycles. The van der Waals surface area contributed by atoms with Crippen molar-refractivity contribution in [2.24, 2.45) is 0 Å². The maximum atomic E-state index is 13.0. The second kappa shape index (κ2) is 8.07. The number of carbonyl (C=O) groups excluding carboxylic acids is 1. The van der Waals surface area contributed by atoms with Gasteiger partial charge in [-0.05, 0) is 43.4 Å². The average Bonchev–Trinajstić information content (AvgIpc) is 2.55. The largest absolute Gasteiger partial charge is 0.339 e. The second-order valence-corrected chi connectivity index (χ2v) is 8.28. The Kier molecular flexibility index (Phi) is 6.34. The standard InChI is InChI=1S/C17H25FN2O3S/c1-3-16-6-4-5-11-20(16)17(21)13-19(24(2,22)23)12-14-7-9-15(18)10-8-14/h7-10,16H,3-6,11-13H2,1-2H3. The molecule has 5 nitrogen and oxygen atoms in total. The highest BCUT2D eigenvalue weighted by Crippen LogP contribution is 2.20. The number of rotatable bonds is 6. The quantitative estimate of drug-likeness (QED) is 0.786. The molecule has 1 fully saturated rings. The molecule has 134 valence electrons. The van der Waals surface area contributed by atoms with Crippen LogP contribution in [-0.4, -0.2) is 48.9 Å². The van der Waals surface area contributed by atoms with Crippen LogP contribution in [-0.2, 0) is 21.4 Å². The molecule has 1 unspecified atom stereocenters. The lowest BCUT2D eigenvalue weighted by Gasteiger charge is -2.36. The van der Waals surface area contributed by atoms with E-state index in [2.05, 4.69) is 0 Å². The van der Waals surface area contributed by atoms with E-state index < -0.39 is 10.0 Å². The summed E-state index contributed by atoms with van der Waals surface area (Å²) in [5, 5.41) is 0. The van der Waals surface area contributed by atoms with Crippen molar-refractivity contribution in [1.29, 1.82) is 0 Å². The third-order valence-corrected chi connectivity index (χ3v) is 5.67. The van der Waals surface area contributed by atoms with Gasteiger partial charge in [0.15, 0.2) is 0 Å². The number of benzene rings is 1. The summed E-state index contributed by atoms with van der Waals surface area (Å²) in [4.78, 5) is 14.4. The van der Waals surface area contributed by atoms with Gasteiger partial charge in [0.2, 0.25) is 15.9 Å². The van der Waals surface area contributed by atoms with Crippen molar-refractivity contribution >= 4 is 15.9 Å². The highest BCUT2D eigenvalue weighted by atomic mass is 32.2. The SMILES string of the molecule is CCC1CCCCN1C(=O)CN(Cc1ccc(F)cc1)S(C)(=O)=O. The Hall–Kier alpha value is -1.47. The molecule has 0 aliphatic carbocycles. The zero-order valence-electron chi connectivity index (χ0n) is 14.2. The molecular weight excluding hydrogens is 331 g/mol. The number of hydrogen-bond acceptors (Lipinski definition) is 3. The molecule has 0 N–H and O–H groups in total. The zero-order chi connectivity index (χ0) is 17.7. The molecule has 0 spiro atoms. The topological polar surface area (TPSA) is 57.7 Å². The smallest absolute Gasteiger partial charge is 0.238 e. The highest BCUT2D eigenvalue weighted by Gasteiger charge is 2.29. The molecule has 1 amide bonds. The molecule has 7 heteroatoms. The van der Waals surface area contributed by atoms with Crippen LogP contribution in [0.3, 0.4) is 0 Å². The first-order chi connectivity index (χ1) is 11.3. The summed E-state index contributed by atoms with van der Waals surface area (Å²) in [5.41, 5.74) is 0.653. The second-order valence-electron chi connectivity index (χ2n) is 6.30. The van der Waals surface area contributed by atoms with Crippen LogP contribution in [0.15, 0.2) is 24.3 Å². The first-order valence-electron chi connectivity index (χ1n) is 8.30. The van der Waals surface area contributed by atoms with Crippen molar-refractivity contribution in [3.63, 3.8) is 0 Å². The van der Waals surface area contributed by atoms with Crippen LogP contribution in [0.5, 0.6) is 0 Å². The molecular formula is C17H25FN2O3S. The Morgan fingerprint density at radius 3 is 2.54 bits per heavy atom. The van der Waals surface area contributed by atoms with E-state index in [1.54, 1.807) is 0 Å². The Morgan fingerprint density at radius 2 is 1.96 bits per heavy atom. The molecule has 24 heavy (non-hydrogen) atoms. The predicted molar refractivity (Wildman–Crippen MR) is 91.3 cm³/mol. The summed E-state index contributed by atoms with van der Waals surface area (Å²) in [5.74, 6) is -0.533. The van der Waals surface area contributed by atoms with Gasteiger partial charge in [0.25, 0.3) is 0 Å². The van der Waals surface area contributed by atoms with Gasteiger partial charge in [-0.3, -0.25) is 4.79 Å². The van der Waals surface area contributed by atoms with Gasteiger partial charge < -0.3 is 4.90 Å². The fourth-order valence-electron chi connectivity index (χ4n) is 3.08. The van der Waals surface area contributed by atoms with Gasteiger partial charge in [0, 0.05) is 19.1 Å². The van der Waals surface area contributed by atoms with E-state index in [9.17, 15) is 17.6 Å². The molecule has 0 aromatic heterocycles. The first-order valence-corrected chi connectivity index (χ1v) is 10.1. The van der Waals surface area contributed by atoms with Gasteiger partial charge in [-0.2, -0.15) is 4.31 Å². The fourth-order valence-corrected chi connectivity index (χ4v) is 3.81. The van der Waals surface area contributed by atoms with Crippen LogP contribution < -0.4 is 0 Å². The van der Waals surface area contributed by atoms with Crippen LogP contribution in [0.4, 0.5) is 4.39 Å². The van der Waals surface area contributed by atoms with Crippen LogP contribution in [0.1, 0.15) is 38.2 Å². The Balaban J connectivity index is 2.11. The summed E-state index contributed by atoms with van der Waals surface area (Å²) in [7, 11) is -3.54. The maximum absolute atomic E-state index is 13.0. The Bertz CT molecular complexity index is 661. The van der Waals surface area contributed by atoms with Gasteiger partial charge in [0.1, 0.15) is 5.82 Å². The van der Waals surface area contributed by atoms with Gasteiger partial charge in [-0.1, -0.05) is 19.1 Å². The van der Waals surface area contributed by atoms with E-state index in [0.717, 1.165) is 36.2 Å². The van der Waals surface area contributed by atoms with Crippen molar-refractivity contribution in [1.82, 2.24) is 9.21 Å². The number of piperidine rings is 1. The number of carbonyl (C=O) groups is 1. The van der Waals surface area contributed by atoms with E-state index in [4.69, 9.17) is 0 Å². The molecule has 2 rings (SSSR count). The predicted octanol–water partition coefficient (Wildman–Crippen LogP) is 2.38. The third kappa shape index (κ3) is 5.01. The van der Waals surface area contributed by atoms with Crippen molar-refractivity contribution in [2.75, 3.05) is 19.3 Å². The molecule has 1 aliphatic heterocycles. The van der Waals surface area contributed by atoms with Gasteiger partial charge in [-0.25, -0.2) is 12.8 Å². The van der Waals surface area contributed by atoms with Crippen molar-refractivity contribution in [2.45, 2.75) is 45.2 Å². The van der Waals surface area contributed by atoms with E-state index in [0.29, 0.717) is 12.1 Å². The van der Waals surface area contributed by atoms with Gasteiger partial charge in [-0.15, -0.1) is 0 Å². The minimum absolute atomic E-state index is 0.0650. The zero-order valence-corrected chi connectivity index (χ0v) is 15.1. The van der Waals surface area contributed by atoms with Crippen molar-refractivity contribution in [3.8, 4) is 0 Å². The van der Waals surface area contributed by atoms with E-state index in [-0.39, 0.29) is 30.9 Å². The summed E-state index contributed by atoms with van der Waals surface area (Å²) in [6.45, 7) is 2.62. The number of likely N-dealkylation sites (tertiary alicyclic amines) is 1. The third-order valence-electron chi connectivity index (χ3n) is 4.47. The number of halogens is 1. The van der Waals surface area contributed by atoms with Gasteiger partial charge >= 0.3 is 0 Å². The number of nitrogens with zero attached hydrogens (tertiary/aromatic N) is 2. The van der Waals surface area contributed by atoms with Crippen LogP contribution >= 0.6 is 0 Å². The summed E-state index contributed by atoms with van der Waals surface area (Å²) in [6, 6.07) is 5.84. The van der Waals surface area contributed by atoms with Crippen molar-refractivity contribution < 1.29 is 17.6 Å². The lowest BCUT2D eigenvalue weighted by molar-refractivity contribution is -0.135. The van der Waals surface area contributed by atoms with Crippen molar-refractivity contribution in [3.05, 3.63) is 35.6 Å². The highest BCUT2D eigenvalue weighted by molar-refractivity contribution is 7.88. The molecule has 1 aromatic rings. The molecule has 1 saturated heterocycles. The summed E-state index contributed by atoms with van der Waals surface area (Å²) >= 11 is 0. The summed E-state index contributed by atoms with van der Waals surface area (Å²) < 4.78 is 38.3. The van der Waals surface area contributed by atoms with E-state index >= 15 is 0 Å². The molecule has 1 heterocycles. The van der Waals surface area contributed by atoms with Crippen LogP contribution in [0.25, 0.3) is 0 Å². The fraction of sp³-hybridized carbons (Fsp3) is 0.588. The van der Waals surface area contributed by atoms with E-state index in [1.807, 2.05) is 11.8 Å². The lowest BCUT2D eigenvalue weighted by atomic mass is 10.00. The number of sulfonamides is 1. The van der Waals surface area contributed by atoms with E-state index in [1.165, 1.54) is 24.3 Å². The van der Waals surface area contributed by atoms with Crippen LogP contribution in [0.2, 0.25) is 0 Å². The Labute approximate surface area is 143 Å². The molecule has 0 bridgehead atoms. The normalized spacial score (nSPS) is 18.8. The number of hydrogen-bond donors (Lipinski definition) is 0. The monoisotopic (exact) mass is 356 g/mol. The minimum Gasteiger partial charge on any atom is -0.339 e. The average molecular weight is 356 g/mol. The minimum atomic E-state index is -3.54.